The molecule has 0 saturated carbocycles. The Balaban J connectivity index is 1.41. The van der Waals surface area contributed by atoms with E-state index in [4.69, 9.17) is 4.74 Å². The number of carbonyl (C=O) groups is 3. The number of imide groups is 2. The lowest BCUT2D eigenvalue weighted by Crippen LogP contribution is -2.54. The lowest BCUT2D eigenvalue weighted by Gasteiger charge is -2.26. The van der Waals surface area contributed by atoms with E-state index in [9.17, 15) is 14.4 Å². The third kappa shape index (κ3) is 5.23. The number of amides is 4. The molecule has 8 heteroatoms. The fourth-order valence-corrected chi connectivity index (χ4v) is 6.08. The first kappa shape index (κ1) is 26.1. The van der Waals surface area contributed by atoms with Gasteiger partial charge in [0.2, 0.25) is 0 Å². The van der Waals surface area contributed by atoms with Gasteiger partial charge in [-0.1, -0.05) is 61.5 Å². The molecule has 1 heterocycles. The molecule has 1 aliphatic rings. The van der Waals surface area contributed by atoms with Crippen molar-refractivity contribution in [2.75, 3.05) is 4.90 Å². The van der Waals surface area contributed by atoms with Crippen LogP contribution in [0.3, 0.4) is 0 Å². The molecule has 1 fully saturated rings. The molecule has 38 heavy (non-hydrogen) atoms. The van der Waals surface area contributed by atoms with Gasteiger partial charge in [-0.25, -0.2) is 9.69 Å². The molecule has 1 N–H and O–H groups in total. The number of halogens is 2. The molecule has 0 spiro atoms. The Morgan fingerprint density at radius 2 is 1.71 bits per heavy atom. The van der Waals surface area contributed by atoms with E-state index in [1.165, 1.54) is 6.08 Å². The normalized spacial score (nSPS) is 14.8. The molecule has 6 nitrogen and oxygen atoms in total. The second-order valence-electron chi connectivity index (χ2n) is 8.72. The summed E-state index contributed by atoms with van der Waals surface area (Å²) in [5.41, 5.74) is 3.03. The molecule has 1 aliphatic heterocycles. The van der Waals surface area contributed by atoms with E-state index in [1.54, 1.807) is 18.2 Å². The molecule has 4 amide bonds. The summed E-state index contributed by atoms with van der Waals surface area (Å²) in [6.45, 7) is 2.40. The van der Waals surface area contributed by atoms with Gasteiger partial charge in [0.05, 0.1) is 13.7 Å². The molecule has 4 aromatic carbocycles. The van der Waals surface area contributed by atoms with Crippen molar-refractivity contribution >= 4 is 78.9 Å². The zero-order valence-corrected chi connectivity index (χ0v) is 24.1. The first-order valence-corrected chi connectivity index (χ1v) is 13.8. The quantitative estimate of drug-likeness (QED) is 0.135. The van der Waals surface area contributed by atoms with Crippen LogP contribution in [0.4, 0.5) is 10.5 Å². The molecule has 5 rings (SSSR count). The third-order valence-corrected chi connectivity index (χ3v) is 7.68. The van der Waals surface area contributed by atoms with Gasteiger partial charge in [0.1, 0.15) is 17.9 Å². The van der Waals surface area contributed by atoms with Crippen LogP contribution in [0, 0.1) is 3.57 Å². The van der Waals surface area contributed by atoms with Gasteiger partial charge in [-0.05, 0) is 103 Å². The molecule has 0 bridgehead atoms. The number of hydrogen-bond donors (Lipinski definition) is 1. The maximum absolute atomic E-state index is 13.2. The number of anilines is 1. The monoisotopic (exact) mass is 680 g/mol. The highest BCUT2D eigenvalue weighted by Gasteiger charge is 2.36. The Kier molecular flexibility index (Phi) is 7.62. The maximum atomic E-state index is 13.2. The summed E-state index contributed by atoms with van der Waals surface area (Å²) >= 11 is 5.75. The van der Waals surface area contributed by atoms with Crippen LogP contribution in [0.1, 0.15) is 23.6 Å². The zero-order chi connectivity index (χ0) is 26.8. The van der Waals surface area contributed by atoms with Crippen LogP contribution in [-0.4, -0.2) is 17.8 Å². The highest BCUT2D eigenvalue weighted by atomic mass is 127. The lowest BCUT2D eigenvalue weighted by atomic mass is 10.1. The molecule has 4 aromatic rings. The topological polar surface area (TPSA) is 75.7 Å². The average molecular weight is 681 g/mol. The predicted octanol–water partition coefficient (Wildman–Crippen LogP) is 7.01. The molecule has 0 aromatic heterocycles. The molecule has 0 unspecified atom stereocenters. The van der Waals surface area contributed by atoms with Crippen LogP contribution in [0.2, 0.25) is 0 Å². The minimum atomic E-state index is -0.769. The van der Waals surface area contributed by atoms with Crippen molar-refractivity contribution in [1.82, 2.24) is 5.32 Å². The number of rotatable bonds is 6. The highest BCUT2D eigenvalue weighted by molar-refractivity contribution is 14.1. The number of benzene rings is 4. The fourth-order valence-electron chi connectivity index (χ4n) is 4.31. The largest absolute Gasteiger partial charge is 0.487 e. The summed E-state index contributed by atoms with van der Waals surface area (Å²) in [6, 6.07) is 24.2. The van der Waals surface area contributed by atoms with Crippen LogP contribution >= 0.6 is 38.5 Å². The van der Waals surface area contributed by atoms with Gasteiger partial charge in [0.15, 0.2) is 0 Å². The lowest BCUT2D eigenvalue weighted by molar-refractivity contribution is -0.122. The summed E-state index contributed by atoms with van der Waals surface area (Å²) in [6.07, 6.45) is 2.32. The number of hydrogen-bond acceptors (Lipinski definition) is 4. The first-order chi connectivity index (χ1) is 18.4. The van der Waals surface area contributed by atoms with E-state index in [-0.39, 0.29) is 5.57 Å². The molecule has 0 atom stereocenters. The van der Waals surface area contributed by atoms with Gasteiger partial charge in [-0.3, -0.25) is 14.9 Å². The zero-order valence-electron chi connectivity index (χ0n) is 20.3. The minimum Gasteiger partial charge on any atom is -0.487 e. The number of aryl methyl sites for hydroxylation is 1. The van der Waals surface area contributed by atoms with Gasteiger partial charge < -0.3 is 4.74 Å². The van der Waals surface area contributed by atoms with E-state index >= 15 is 0 Å². The molecular weight excluding hydrogens is 659 g/mol. The summed E-state index contributed by atoms with van der Waals surface area (Å²) < 4.78 is 7.67. The molecule has 0 aliphatic carbocycles. The number of barbiturate groups is 1. The first-order valence-electron chi connectivity index (χ1n) is 11.9. The second-order valence-corrected chi connectivity index (χ2v) is 10.7. The average Bonchev–Trinajstić information content (AvgIpc) is 2.91. The molecule has 1 saturated heterocycles. The van der Waals surface area contributed by atoms with Gasteiger partial charge >= 0.3 is 6.03 Å². The standard InChI is InChI=1S/C30H22BrIN2O4/c1-2-18-10-12-22(13-11-18)34-29(36)24(28(35)33-30(34)37)14-19-15-25(31)27(26(32)16-19)38-17-21-8-5-7-20-6-3-4-9-23(20)21/h3-16H,2,17H2,1H3,(H,33,35,37)/b24-14-. The van der Waals surface area contributed by atoms with Crippen molar-refractivity contribution in [3.05, 3.63) is 109 Å². The number of ether oxygens (including phenoxy) is 1. The van der Waals surface area contributed by atoms with Crippen LogP contribution in [-0.2, 0) is 22.6 Å². The van der Waals surface area contributed by atoms with Gasteiger partial charge in [-0.2, -0.15) is 0 Å². The maximum Gasteiger partial charge on any atom is 0.335 e. The Morgan fingerprint density at radius 1 is 0.974 bits per heavy atom. The van der Waals surface area contributed by atoms with Crippen LogP contribution in [0.25, 0.3) is 16.8 Å². The van der Waals surface area contributed by atoms with E-state index in [0.717, 1.165) is 36.8 Å². The van der Waals surface area contributed by atoms with Gasteiger partial charge in [0.25, 0.3) is 11.8 Å². The number of nitrogens with one attached hydrogen (secondary N) is 1. The van der Waals surface area contributed by atoms with Crippen LogP contribution < -0.4 is 15.0 Å². The smallest absolute Gasteiger partial charge is 0.335 e. The minimum absolute atomic E-state index is 0.128. The Bertz CT molecular complexity index is 1590. The summed E-state index contributed by atoms with van der Waals surface area (Å²) in [5, 5.41) is 4.55. The second kappa shape index (κ2) is 11.1. The highest BCUT2D eigenvalue weighted by Crippen LogP contribution is 2.34. The predicted molar refractivity (Wildman–Crippen MR) is 160 cm³/mol. The number of fused-ring (bicyclic) bond motifs is 1. The van der Waals surface area contributed by atoms with E-state index < -0.39 is 17.8 Å². The number of carbonyl (C=O) groups excluding carboxylic acids is 3. The SMILES string of the molecule is CCc1ccc(N2C(=O)NC(=O)/C(=C/c3cc(Br)c(OCc4cccc5ccccc45)c(I)c3)C2=O)cc1. The van der Waals surface area contributed by atoms with E-state index in [0.29, 0.717) is 28.1 Å². The van der Waals surface area contributed by atoms with Crippen LogP contribution in [0.15, 0.2) is 88.9 Å². The van der Waals surface area contributed by atoms with Crippen molar-refractivity contribution < 1.29 is 19.1 Å². The van der Waals surface area contributed by atoms with E-state index in [2.05, 4.69) is 62.0 Å². The van der Waals surface area contributed by atoms with Crippen LogP contribution in [0.5, 0.6) is 5.75 Å². The molecular formula is C30H22BrIN2O4. The van der Waals surface area contributed by atoms with Crippen molar-refractivity contribution in [1.29, 1.82) is 0 Å². The molecule has 190 valence electrons. The van der Waals surface area contributed by atoms with Crippen molar-refractivity contribution in [3.8, 4) is 5.75 Å². The number of nitrogens with zero attached hydrogens (tertiary/aromatic N) is 1. The fraction of sp³-hybridized carbons (Fsp3) is 0.100. The van der Waals surface area contributed by atoms with E-state index in [1.807, 2.05) is 49.4 Å². The van der Waals surface area contributed by atoms with Crippen molar-refractivity contribution in [3.63, 3.8) is 0 Å². The molecule has 0 radical (unpaired) electrons. The summed E-state index contributed by atoms with van der Waals surface area (Å²) in [4.78, 5) is 39.4. The van der Waals surface area contributed by atoms with Gasteiger partial charge in [-0.15, -0.1) is 0 Å². The summed E-state index contributed by atoms with van der Waals surface area (Å²) in [7, 11) is 0. The Morgan fingerprint density at radius 3 is 2.45 bits per heavy atom. The Labute approximate surface area is 241 Å². The van der Waals surface area contributed by atoms with Crippen molar-refractivity contribution in [2.24, 2.45) is 0 Å². The number of urea groups is 1. The van der Waals surface area contributed by atoms with Crippen molar-refractivity contribution in [2.45, 2.75) is 20.0 Å². The Hall–Kier alpha value is -3.50. The summed E-state index contributed by atoms with van der Waals surface area (Å²) in [5.74, 6) is -0.748. The van der Waals surface area contributed by atoms with Gasteiger partial charge in [0, 0.05) is 0 Å². The third-order valence-electron chi connectivity index (χ3n) is 6.29.